The van der Waals surface area contributed by atoms with Crippen LogP contribution in [0, 0.1) is 0 Å². The Morgan fingerprint density at radius 1 is 1.14 bits per heavy atom. The molecule has 1 aromatic carbocycles. The van der Waals surface area contributed by atoms with Gasteiger partial charge in [-0.05, 0) is 24.3 Å². The minimum atomic E-state index is -3.61. The second kappa shape index (κ2) is 7.71. The van der Waals surface area contributed by atoms with E-state index in [-0.39, 0.29) is 16.4 Å². The van der Waals surface area contributed by atoms with Crippen molar-refractivity contribution in [1.29, 1.82) is 0 Å². The maximum absolute atomic E-state index is 12.5. The number of hydrogen-bond donors (Lipinski definition) is 2. The summed E-state index contributed by atoms with van der Waals surface area (Å²) >= 11 is 0. The van der Waals surface area contributed by atoms with Crippen molar-refractivity contribution in [2.75, 3.05) is 25.1 Å². The molecule has 0 atom stereocenters. The molecule has 0 aliphatic heterocycles. The van der Waals surface area contributed by atoms with E-state index in [2.05, 4.69) is 20.3 Å². The van der Waals surface area contributed by atoms with Crippen molar-refractivity contribution in [3.63, 3.8) is 0 Å². The first kappa shape index (κ1) is 19.4. The number of hydrogen-bond acceptors (Lipinski definition) is 7. The van der Waals surface area contributed by atoms with Gasteiger partial charge < -0.3 is 11.1 Å². The van der Waals surface area contributed by atoms with Gasteiger partial charge in [-0.15, -0.1) is 0 Å². The van der Waals surface area contributed by atoms with Gasteiger partial charge in [0.2, 0.25) is 10.0 Å². The van der Waals surface area contributed by atoms with Gasteiger partial charge in [0.25, 0.3) is 5.91 Å². The molecule has 2 heterocycles. The van der Waals surface area contributed by atoms with Crippen molar-refractivity contribution < 1.29 is 13.2 Å². The molecule has 0 aliphatic carbocycles. The Kier molecular flexibility index (Phi) is 5.34. The normalized spacial score (nSPS) is 11.4. The van der Waals surface area contributed by atoms with Crippen LogP contribution in [-0.4, -0.2) is 47.7 Å². The highest BCUT2D eigenvalue weighted by Crippen LogP contribution is 2.23. The number of carbonyl (C=O) groups excluding carboxylic acids is 1. The van der Waals surface area contributed by atoms with Gasteiger partial charge in [0.15, 0.2) is 11.5 Å². The molecule has 3 N–H and O–H groups in total. The summed E-state index contributed by atoms with van der Waals surface area (Å²) < 4.78 is 25.8. The summed E-state index contributed by atoms with van der Waals surface area (Å²) in [7, 11) is -0.708. The van der Waals surface area contributed by atoms with E-state index in [0.29, 0.717) is 16.9 Å². The van der Waals surface area contributed by atoms with Crippen molar-refractivity contribution in [3.8, 4) is 11.3 Å². The van der Waals surface area contributed by atoms with Crippen LogP contribution >= 0.6 is 0 Å². The monoisotopic (exact) mass is 398 g/mol. The number of benzene rings is 1. The largest absolute Gasteiger partial charge is 0.382 e. The molecule has 3 aromatic rings. The number of nitrogens with one attached hydrogen (secondary N) is 1. The fourth-order valence-electron chi connectivity index (χ4n) is 2.36. The number of anilines is 2. The zero-order valence-electron chi connectivity index (χ0n) is 15.2. The molecule has 2 aromatic heterocycles. The Morgan fingerprint density at radius 3 is 2.61 bits per heavy atom. The zero-order valence-corrected chi connectivity index (χ0v) is 16.0. The second-order valence-electron chi connectivity index (χ2n) is 6.00. The van der Waals surface area contributed by atoms with Gasteiger partial charge in [0, 0.05) is 25.9 Å². The second-order valence-corrected chi connectivity index (χ2v) is 8.15. The van der Waals surface area contributed by atoms with Crippen LogP contribution in [0.25, 0.3) is 11.3 Å². The molecule has 1 amide bonds. The average Bonchev–Trinajstić information content (AvgIpc) is 2.69. The first-order valence-electron chi connectivity index (χ1n) is 8.16. The highest BCUT2D eigenvalue weighted by molar-refractivity contribution is 7.89. The molecule has 3 rings (SSSR count). The molecule has 0 unspecified atom stereocenters. The molecule has 0 spiro atoms. The van der Waals surface area contributed by atoms with Gasteiger partial charge in [-0.2, -0.15) is 0 Å². The Hall–Kier alpha value is -3.37. The summed E-state index contributed by atoms with van der Waals surface area (Å²) in [4.78, 5) is 24.8. The predicted octanol–water partition coefficient (Wildman–Crippen LogP) is 1.62. The fraction of sp³-hybridized carbons (Fsp3) is 0.111. The smallest absolute Gasteiger partial charge is 0.278 e. The Morgan fingerprint density at radius 2 is 1.93 bits per heavy atom. The van der Waals surface area contributed by atoms with E-state index in [0.717, 1.165) is 4.31 Å². The molecular formula is C18H18N6O3S. The number of sulfonamides is 1. The topological polar surface area (TPSA) is 131 Å². The molecule has 0 bridgehead atoms. The van der Waals surface area contributed by atoms with Crippen LogP contribution in [0.2, 0.25) is 0 Å². The van der Waals surface area contributed by atoms with E-state index < -0.39 is 15.9 Å². The number of aromatic nitrogens is 3. The summed E-state index contributed by atoms with van der Waals surface area (Å²) in [6.07, 6.45) is 4.46. The molecular weight excluding hydrogens is 380 g/mol. The molecule has 9 nitrogen and oxygen atoms in total. The summed E-state index contributed by atoms with van der Waals surface area (Å²) in [6, 6.07) is 9.58. The highest BCUT2D eigenvalue weighted by atomic mass is 32.2. The minimum absolute atomic E-state index is 0.0396. The molecule has 28 heavy (non-hydrogen) atoms. The molecule has 0 fully saturated rings. The van der Waals surface area contributed by atoms with Gasteiger partial charge in [0.1, 0.15) is 0 Å². The number of pyridine rings is 1. The van der Waals surface area contributed by atoms with Gasteiger partial charge >= 0.3 is 0 Å². The van der Waals surface area contributed by atoms with Crippen LogP contribution in [-0.2, 0) is 10.0 Å². The Bertz CT molecular complexity index is 1120. The molecule has 0 aliphatic rings. The number of nitrogen functional groups attached to an aromatic ring is 1. The molecule has 10 heteroatoms. The number of nitrogens with two attached hydrogens (primary N) is 1. The lowest BCUT2D eigenvalue weighted by molar-refractivity contribution is 0.102. The van der Waals surface area contributed by atoms with Crippen LogP contribution in [0.5, 0.6) is 0 Å². The first-order valence-corrected chi connectivity index (χ1v) is 9.60. The third kappa shape index (κ3) is 3.97. The number of nitrogens with zero attached hydrogens (tertiary/aromatic N) is 4. The van der Waals surface area contributed by atoms with E-state index in [1.807, 2.05) is 0 Å². The van der Waals surface area contributed by atoms with E-state index in [9.17, 15) is 13.2 Å². The number of amides is 1. The summed E-state index contributed by atoms with van der Waals surface area (Å²) in [5.74, 6) is -0.584. The van der Waals surface area contributed by atoms with E-state index >= 15 is 0 Å². The number of rotatable bonds is 5. The van der Waals surface area contributed by atoms with E-state index in [1.54, 1.807) is 30.5 Å². The Balaban J connectivity index is 1.97. The van der Waals surface area contributed by atoms with Crippen LogP contribution < -0.4 is 11.1 Å². The van der Waals surface area contributed by atoms with E-state index in [4.69, 9.17) is 5.73 Å². The first-order chi connectivity index (χ1) is 13.3. The van der Waals surface area contributed by atoms with Crippen molar-refractivity contribution >= 4 is 27.4 Å². The summed E-state index contributed by atoms with van der Waals surface area (Å²) in [6.45, 7) is 0. The maximum Gasteiger partial charge on any atom is 0.278 e. The minimum Gasteiger partial charge on any atom is -0.382 e. The third-order valence-electron chi connectivity index (χ3n) is 3.84. The lowest BCUT2D eigenvalue weighted by Gasteiger charge is -2.12. The van der Waals surface area contributed by atoms with Crippen molar-refractivity contribution in [1.82, 2.24) is 19.3 Å². The van der Waals surface area contributed by atoms with Gasteiger partial charge in [-0.3, -0.25) is 9.78 Å². The van der Waals surface area contributed by atoms with Gasteiger partial charge in [-0.1, -0.05) is 12.1 Å². The average molecular weight is 398 g/mol. The highest BCUT2D eigenvalue weighted by Gasteiger charge is 2.19. The summed E-state index contributed by atoms with van der Waals surface area (Å²) in [5, 5.41) is 2.64. The van der Waals surface area contributed by atoms with Crippen LogP contribution in [0.15, 0.2) is 59.9 Å². The number of carbonyl (C=O) groups is 1. The van der Waals surface area contributed by atoms with Gasteiger partial charge in [0.05, 0.1) is 28.7 Å². The lowest BCUT2D eigenvalue weighted by Crippen LogP contribution is -2.22. The Labute approximate surface area is 162 Å². The maximum atomic E-state index is 12.5. The van der Waals surface area contributed by atoms with E-state index in [1.165, 1.54) is 38.6 Å². The van der Waals surface area contributed by atoms with Gasteiger partial charge in [-0.25, -0.2) is 22.7 Å². The van der Waals surface area contributed by atoms with Crippen molar-refractivity contribution in [3.05, 3.63) is 60.7 Å². The zero-order chi connectivity index (χ0) is 20.3. The standard InChI is InChI=1S/C18H18N6O3S/c1-24(2)28(26,27)14-7-3-5-12(9-14)15-11-21-17(19)16(23-15)18(25)22-13-6-4-8-20-10-13/h3-11H,1-2H3,(H2,19,21)(H,22,25). The molecule has 0 saturated carbocycles. The van der Waals surface area contributed by atoms with Crippen LogP contribution in [0.1, 0.15) is 10.5 Å². The fourth-order valence-corrected chi connectivity index (χ4v) is 3.31. The predicted molar refractivity (Wildman–Crippen MR) is 105 cm³/mol. The third-order valence-corrected chi connectivity index (χ3v) is 5.65. The SMILES string of the molecule is CN(C)S(=O)(=O)c1cccc(-c2cnc(N)c(C(=O)Nc3cccnc3)n2)c1. The molecule has 144 valence electrons. The quantitative estimate of drug-likeness (QED) is 0.667. The van der Waals surface area contributed by atoms with Crippen LogP contribution in [0.3, 0.4) is 0 Å². The van der Waals surface area contributed by atoms with Crippen LogP contribution in [0.4, 0.5) is 11.5 Å². The molecule has 0 saturated heterocycles. The molecule has 0 radical (unpaired) electrons. The summed E-state index contributed by atoms with van der Waals surface area (Å²) in [5.41, 5.74) is 7.04. The van der Waals surface area contributed by atoms with Crippen molar-refractivity contribution in [2.45, 2.75) is 4.90 Å². The van der Waals surface area contributed by atoms with Crippen molar-refractivity contribution in [2.24, 2.45) is 0 Å². The lowest BCUT2D eigenvalue weighted by atomic mass is 10.1.